The summed E-state index contributed by atoms with van der Waals surface area (Å²) in [5, 5.41) is 3.86. The predicted molar refractivity (Wildman–Crippen MR) is 167 cm³/mol. The van der Waals surface area contributed by atoms with Crippen LogP contribution in [0.2, 0.25) is 0 Å². The molecule has 0 saturated carbocycles. The third-order valence-electron chi connectivity index (χ3n) is 8.92. The van der Waals surface area contributed by atoms with E-state index in [1.54, 1.807) is 0 Å². The van der Waals surface area contributed by atoms with Gasteiger partial charge in [-0.3, -0.25) is 0 Å². The summed E-state index contributed by atoms with van der Waals surface area (Å²) >= 11 is 0. The summed E-state index contributed by atoms with van der Waals surface area (Å²) in [6.45, 7) is 3.06. The topological polar surface area (TPSA) is 9.23 Å². The molecule has 2 atom stereocenters. The Morgan fingerprint density at radius 3 is 1.69 bits per heavy atom. The first-order valence-electron chi connectivity index (χ1n) is 14.2. The number of allylic oxidation sites excluding steroid dienone is 5. The van der Waals surface area contributed by atoms with Crippen LogP contribution in [-0.2, 0) is 4.43 Å². The summed E-state index contributed by atoms with van der Waals surface area (Å²) in [6.07, 6.45) is 16.1. The molecule has 39 heavy (non-hydrogen) atoms. The van der Waals surface area contributed by atoms with Crippen molar-refractivity contribution < 1.29 is 4.43 Å². The summed E-state index contributed by atoms with van der Waals surface area (Å²) in [6, 6.07) is 41.7. The summed E-state index contributed by atoms with van der Waals surface area (Å²) in [7, 11) is -2.74. The van der Waals surface area contributed by atoms with E-state index in [0.717, 1.165) is 12.8 Å². The van der Waals surface area contributed by atoms with E-state index in [-0.39, 0.29) is 5.41 Å². The second-order valence-corrected chi connectivity index (χ2v) is 14.1. The van der Waals surface area contributed by atoms with Crippen molar-refractivity contribution in [1.82, 2.24) is 0 Å². The van der Waals surface area contributed by atoms with Crippen molar-refractivity contribution in [3.05, 3.63) is 157 Å². The van der Waals surface area contributed by atoms with E-state index in [9.17, 15) is 0 Å². The highest BCUT2D eigenvalue weighted by Crippen LogP contribution is 2.53. The molecule has 2 aliphatic rings. The maximum atomic E-state index is 7.42. The molecule has 0 bridgehead atoms. The lowest BCUT2D eigenvalue weighted by Crippen LogP contribution is -2.69. The zero-order chi connectivity index (χ0) is 26.5. The van der Waals surface area contributed by atoms with Crippen molar-refractivity contribution in [2.75, 3.05) is 6.61 Å². The van der Waals surface area contributed by atoms with Gasteiger partial charge in [0.05, 0.1) is 0 Å². The minimum atomic E-state index is -2.74. The molecule has 4 aromatic rings. The van der Waals surface area contributed by atoms with Gasteiger partial charge in [0.2, 0.25) is 0 Å². The van der Waals surface area contributed by atoms with Crippen molar-refractivity contribution in [3.8, 4) is 0 Å². The summed E-state index contributed by atoms with van der Waals surface area (Å²) in [4.78, 5) is 0. The van der Waals surface area contributed by atoms with Gasteiger partial charge < -0.3 is 4.43 Å². The van der Waals surface area contributed by atoms with Gasteiger partial charge >= 0.3 is 0 Å². The van der Waals surface area contributed by atoms with Crippen LogP contribution in [0.3, 0.4) is 0 Å². The Bertz CT molecular complexity index is 1360. The summed E-state index contributed by atoms with van der Waals surface area (Å²) in [5.41, 5.74) is 2.84. The number of hydrogen-bond donors (Lipinski definition) is 0. The number of benzene rings is 4. The highest BCUT2D eigenvalue weighted by molar-refractivity contribution is 7.07. The molecule has 0 radical (unpaired) electrons. The molecule has 0 amide bonds. The molecule has 0 N–H and O–H groups in total. The zero-order valence-corrected chi connectivity index (χ0v) is 23.6. The van der Waals surface area contributed by atoms with Gasteiger partial charge in [0, 0.05) is 18.4 Å². The standard InChI is InChI=1S/C37H36OSi/c1-2-37(31-17-13-14-18-31,36-27-26-30-16-12-15-25-35(30)36)28-29-38-39(32-19-6-3-7-20-32,33-21-8-4-9-22-33)34-23-10-5-11-24-34/h3-27,31,36H,2,28-29H2,1H3. The maximum absolute atomic E-state index is 7.42. The summed E-state index contributed by atoms with van der Waals surface area (Å²) in [5.74, 6) is 0.745. The molecule has 0 saturated heterocycles. The SMILES string of the molecule is CCC(CCO[Si](c1ccccc1)(c1ccccc1)c1ccccc1)(C1C=CC=C1)C1C=Cc2ccccc21. The van der Waals surface area contributed by atoms with Crippen molar-refractivity contribution >= 4 is 30.0 Å². The van der Waals surface area contributed by atoms with Crippen LogP contribution in [0.25, 0.3) is 6.08 Å². The monoisotopic (exact) mass is 524 g/mol. The second kappa shape index (κ2) is 11.2. The quantitative estimate of drug-likeness (QED) is 0.160. The molecule has 0 aliphatic heterocycles. The molecule has 2 aliphatic carbocycles. The van der Waals surface area contributed by atoms with Crippen molar-refractivity contribution in [3.63, 3.8) is 0 Å². The Morgan fingerprint density at radius 1 is 0.641 bits per heavy atom. The smallest absolute Gasteiger partial charge is 0.288 e. The third-order valence-corrected chi connectivity index (χ3v) is 13.0. The molecule has 0 aromatic heterocycles. The Balaban J connectivity index is 1.42. The fourth-order valence-electron chi connectivity index (χ4n) is 6.89. The van der Waals surface area contributed by atoms with E-state index >= 15 is 0 Å². The molecule has 0 heterocycles. The predicted octanol–water partition coefficient (Wildman–Crippen LogP) is 7.01. The number of fused-ring (bicyclic) bond motifs is 1. The van der Waals surface area contributed by atoms with E-state index < -0.39 is 8.32 Å². The second-order valence-electron chi connectivity index (χ2n) is 10.7. The van der Waals surface area contributed by atoms with Crippen LogP contribution in [0.5, 0.6) is 0 Å². The van der Waals surface area contributed by atoms with Crippen LogP contribution in [-0.4, -0.2) is 14.9 Å². The third kappa shape index (κ3) is 4.58. The average Bonchev–Trinajstić information content (AvgIpc) is 3.71. The highest BCUT2D eigenvalue weighted by atomic mass is 28.4. The van der Waals surface area contributed by atoms with Crippen LogP contribution in [0.1, 0.15) is 36.8 Å². The molecule has 0 fully saturated rings. The molecule has 2 heteroatoms. The van der Waals surface area contributed by atoms with Gasteiger partial charge in [-0.2, -0.15) is 0 Å². The van der Waals surface area contributed by atoms with E-state index in [2.05, 4.69) is 159 Å². The van der Waals surface area contributed by atoms with Gasteiger partial charge in [-0.25, -0.2) is 0 Å². The lowest BCUT2D eigenvalue weighted by Gasteiger charge is -2.43. The zero-order valence-electron chi connectivity index (χ0n) is 22.6. The van der Waals surface area contributed by atoms with E-state index in [0.29, 0.717) is 18.4 Å². The van der Waals surface area contributed by atoms with E-state index in [1.165, 1.54) is 26.7 Å². The van der Waals surface area contributed by atoms with Crippen LogP contribution in [0.4, 0.5) is 0 Å². The molecular formula is C37H36OSi. The first-order valence-corrected chi connectivity index (χ1v) is 16.1. The van der Waals surface area contributed by atoms with Crippen molar-refractivity contribution in [2.45, 2.75) is 25.7 Å². The van der Waals surface area contributed by atoms with Gasteiger partial charge in [-0.05, 0) is 44.9 Å². The van der Waals surface area contributed by atoms with Crippen LogP contribution < -0.4 is 15.6 Å². The minimum absolute atomic E-state index is 0.0385. The van der Waals surface area contributed by atoms with Crippen molar-refractivity contribution in [1.29, 1.82) is 0 Å². The fraction of sp³-hybridized carbons (Fsp3) is 0.189. The highest BCUT2D eigenvalue weighted by Gasteiger charge is 2.46. The Kier molecular flexibility index (Phi) is 7.32. The first-order chi connectivity index (χ1) is 19.3. The molecule has 2 unspecified atom stereocenters. The largest absolute Gasteiger partial charge is 0.404 e. The van der Waals surface area contributed by atoms with Crippen molar-refractivity contribution in [2.24, 2.45) is 11.3 Å². The molecule has 1 nitrogen and oxygen atoms in total. The first kappa shape index (κ1) is 25.5. The molecule has 194 valence electrons. The number of rotatable bonds is 10. The van der Waals surface area contributed by atoms with Crippen LogP contribution >= 0.6 is 0 Å². The fourth-order valence-corrected chi connectivity index (χ4v) is 10.8. The summed E-state index contributed by atoms with van der Waals surface area (Å²) < 4.78 is 7.42. The molecular weight excluding hydrogens is 488 g/mol. The van der Waals surface area contributed by atoms with Crippen LogP contribution in [0, 0.1) is 11.3 Å². The average molecular weight is 525 g/mol. The Morgan fingerprint density at radius 2 is 1.15 bits per heavy atom. The Hall–Kier alpha value is -3.72. The molecule has 6 rings (SSSR count). The Labute approximate surface area is 234 Å². The lowest BCUT2D eigenvalue weighted by molar-refractivity contribution is 0.137. The van der Waals surface area contributed by atoms with Gasteiger partial charge in [-0.1, -0.05) is 159 Å². The minimum Gasteiger partial charge on any atom is -0.404 e. The lowest BCUT2D eigenvalue weighted by atomic mass is 9.62. The van der Waals surface area contributed by atoms with Gasteiger partial charge in [-0.15, -0.1) is 0 Å². The maximum Gasteiger partial charge on any atom is 0.288 e. The van der Waals surface area contributed by atoms with E-state index in [1.807, 2.05) is 0 Å². The van der Waals surface area contributed by atoms with Crippen LogP contribution in [0.15, 0.2) is 146 Å². The molecule has 0 spiro atoms. The number of hydrogen-bond acceptors (Lipinski definition) is 1. The normalized spacial score (nSPS) is 17.8. The van der Waals surface area contributed by atoms with Gasteiger partial charge in [0.15, 0.2) is 0 Å². The molecule has 4 aromatic carbocycles. The van der Waals surface area contributed by atoms with E-state index in [4.69, 9.17) is 4.43 Å². The van der Waals surface area contributed by atoms with Gasteiger partial charge in [0.1, 0.15) is 0 Å². The van der Waals surface area contributed by atoms with Gasteiger partial charge in [0.25, 0.3) is 8.32 Å².